The summed E-state index contributed by atoms with van der Waals surface area (Å²) in [5, 5.41) is 8.71. The highest BCUT2D eigenvalue weighted by Gasteiger charge is 2.49. The molecule has 5 nitrogen and oxygen atoms in total. The lowest BCUT2D eigenvalue weighted by atomic mass is 9.89. The second-order valence-corrected chi connectivity index (χ2v) is 4.72. The van der Waals surface area contributed by atoms with E-state index in [2.05, 4.69) is 0 Å². The molecule has 94 valence electrons. The first-order chi connectivity index (χ1) is 8.62. The number of hydrogen-bond donors (Lipinski definition) is 1. The van der Waals surface area contributed by atoms with Crippen molar-refractivity contribution in [3.63, 3.8) is 0 Å². The molecule has 0 unspecified atom stereocenters. The quantitative estimate of drug-likeness (QED) is 0.817. The van der Waals surface area contributed by atoms with Gasteiger partial charge in [-0.2, -0.15) is 0 Å². The summed E-state index contributed by atoms with van der Waals surface area (Å²) in [7, 11) is 0. The zero-order valence-corrected chi connectivity index (χ0v) is 9.64. The van der Waals surface area contributed by atoms with E-state index < -0.39 is 11.8 Å². The van der Waals surface area contributed by atoms with E-state index in [1.54, 1.807) is 6.07 Å². The van der Waals surface area contributed by atoms with Crippen molar-refractivity contribution in [1.29, 1.82) is 0 Å². The molecule has 1 N–H and O–H groups in total. The molecule has 18 heavy (non-hydrogen) atoms. The largest absolute Gasteiger partial charge is 0.476 e. The molecule has 1 aromatic carbocycles. The van der Waals surface area contributed by atoms with E-state index in [9.17, 15) is 9.59 Å². The van der Waals surface area contributed by atoms with E-state index in [1.165, 1.54) is 0 Å². The van der Waals surface area contributed by atoms with Gasteiger partial charge in [-0.3, -0.25) is 4.79 Å². The Hall–Kier alpha value is -2.04. The van der Waals surface area contributed by atoms with Gasteiger partial charge in [-0.1, -0.05) is 12.1 Å². The average molecular weight is 248 g/mol. The number of carboxylic acid groups (broad SMARTS) is 1. The molecule has 1 heterocycles. The number of Topliss-reactive ketones (excluding diaryl/α,β-unsaturated/α-hetero) is 1. The number of carboxylic acids is 1. The highest BCUT2D eigenvalue weighted by Crippen LogP contribution is 2.56. The Morgan fingerprint density at radius 2 is 2.06 bits per heavy atom. The van der Waals surface area contributed by atoms with Gasteiger partial charge in [-0.15, -0.1) is 0 Å². The SMILES string of the molecule is O=C(O)C(=O)CC1(c2cccc3c2OCO3)CC1. The number of ketones is 1. The molecule has 5 heteroatoms. The maximum absolute atomic E-state index is 11.4. The van der Waals surface area contributed by atoms with Crippen molar-refractivity contribution in [3.05, 3.63) is 23.8 Å². The van der Waals surface area contributed by atoms with Gasteiger partial charge in [0.1, 0.15) is 0 Å². The van der Waals surface area contributed by atoms with Crippen LogP contribution in [0.1, 0.15) is 24.8 Å². The summed E-state index contributed by atoms with van der Waals surface area (Å²) in [5.74, 6) is -0.787. The summed E-state index contributed by atoms with van der Waals surface area (Å²) < 4.78 is 10.7. The van der Waals surface area contributed by atoms with Crippen LogP contribution in [0.2, 0.25) is 0 Å². The number of hydrogen-bond acceptors (Lipinski definition) is 4. The first-order valence-electron chi connectivity index (χ1n) is 5.78. The Bertz CT molecular complexity index is 530. The van der Waals surface area contributed by atoms with E-state index in [4.69, 9.17) is 14.6 Å². The highest BCUT2D eigenvalue weighted by molar-refractivity contribution is 6.33. The van der Waals surface area contributed by atoms with Crippen molar-refractivity contribution >= 4 is 11.8 Å². The zero-order chi connectivity index (χ0) is 12.8. The molecule has 0 aromatic heterocycles. The summed E-state index contributed by atoms with van der Waals surface area (Å²) in [6, 6.07) is 5.53. The lowest BCUT2D eigenvalue weighted by Crippen LogP contribution is -2.20. The summed E-state index contributed by atoms with van der Waals surface area (Å²) in [6.45, 7) is 0.176. The number of para-hydroxylation sites is 1. The number of ether oxygens (including phenoxy) is 2. The number of aliphatic carboxylic acids is 1. The second-order valence-electron chi connectivity index (χ2n) is 4.72. The van der Waals surface area contributed by atoms with Gasteiger partial charge in [0.15, 0.2) is 11.5 Å². The minimum absolute atomic E-state index is 0.0299. The second kappa shape index (κ2) is 3.73. The van der Waals surface area contributed by atoms with Gasteiger partial charge < -0.3 is 14.6 Å². The number of carbonyl (C=O) groups excluding carboxylic acids is 1. The minimum atomic E-state index is -1.37. The molecule has 1 aromatic rings. The number of carbonyl (C=O) groups is 2. The fourth-order valence-corrected chi connectivity index (χ4v) is 2.42. The van der Waals surface area contributed by atoms with Crippen LogP contribution in [-0.2, 0) is 15.0 Å². The Kier molecular flexibility index (Phi) is 2.29. The van der Waals surface area contributed by atoms with Gasteiger partial charge >= 0.3 is 5.97 Å². The monoisotopic (exact) mass is 248 g/mol. The first-order valence-corrected chi connectivity index (χ1v) is 5.78. The molecule has 1 aliphatic heterocycles. The van der Waals surface area contributed by atoms with Crippen molar-refractivity contribution < 1.29 is 24.2 Å². The molecule has 1 saturated carbocycles. The van der Waals surface area contributed by atoms with E-state index >= 15 is 0 Å². The highest BCUT2D eigenvalue weighted by atomic mass is 16.7. The van der Waals surface area contributed by atoms with Crippen molar-refractivity contribution in [2.75, 3.05) is 6.79 Å². The van der Waals surface area contributed by atoms with Gasteiger partial charge in [0.2, 0.25) is 12.6 Å². The van der Waals surface area contributed by atoms with Crippen LogP contribution in [0, 0.1) is 0 Å². The van der Waals surface area contributed by atoms with Crippen molar-refractivity contribution in [3.8, 4) is 11.5 Å². The Morgan fingerprint density at radius 3 is 2.72 bits per heavy atom. The Balaban J connectivity index is 1.93. The predicted octanol–water partition coefficient (Wildman–Crippen LogP) is 1.49. The molecular weight excluding hydrogens is 236 g/mol. The van der Waals surface area contributed by atoms with E-state index in [-0.39, 0.29) is 18.6 Å². The standard InChI is InChI=1S/C13H12O5/c14-9(12(15)16)6-13(4-5-13)8-2-1-3-10-11(8)18-7-17-10/h1-3H,4-7H2,(H,15,16). The van der Waals surface area contributed by atoms with Gasteiger partial charge in [0, 0.05) is 17.4 Å². The Morgan fingerprint density at radius 1 is 1.28 bits per heavy atom. The molecule has 1 aliphatic carbocycles. The first kappa shape index (κ1) is 11.1. The van der Waals surface area contributed by atoms with Crippen LogP contribution in [0.4, 0.5) is 0 Å². The number of benzene rings is 1. The topological polar surface area (TPSA) is 72.8 Å². The van der Waals surface area contributed by atoms with Gasteiger partial charge in [0.05, 0.1) is 0 Å². The van der Waals surface area contributed by atoms with Gasteiger partial charge in [-0.25, -0.2) is 4.79 Å². The molecule has 3 rings (SSSR count). The van der Waals surface area contributed by atoms with Crippen molar-refractivity contribution in [1.82, 2.24) is 0 Å². The third-order valence-electron chi connectivity index (χ3n) is 3.56. The van der Waals surface area contributed by atoms with E-state index in [1.807, 2.05) is 12.1 Å². The smallest absolute Gasteiger partial charge is 0.372 e. The van der Waals surface area contributed by atoms with Crippen LogP contribution in [0.15, 0.2) is 18.2 Å². The van der Waals surface area contributed by atoms with E-state index in [0.717, 1.165) is 18.4 Å². The predicted molar refractivity (Wildman–Crippen MR) is 60.7 cm³/mol. The van der Waals surface area contributed by atoms with Crippen LogP contribution in [0.25, 0.3) is 0 Å². The van der Waals surface area contributed by atoms with Crippen LogP contribution in [0.5, 0.6) is 11.5 Å². The third kappa shape index (κ3) is 1.63. The summed E-state index contributed by atoms with van der Waals surface area (Å²) in [4.78, 5) is 22.1. The number of fused-ring (bicyclic) bond motifs is 1. The average Bonchev–Trinajstić information content (AvgIpc) is 2.96. The molecule has 0 saturated heterocycles. The van der Waals surface area contributed by atoms with Gasteiger partial charge in [-0.05, 0) is 18.9 Å². The lowest BCUT2D eigenvalue weighted by molar-refractivity contribution is -0.149. The summed E-state index contributed by atoms with van der Waals surface area (Å²) >= 11 is 0. The van der Waals surface area contributed by atoms with Crippen molar-refractivity contribution in [2.45, 2.75) is 24.7 Å². The van der Waals surface area contributed by atoms with Crippen molar-refractivity contribution in [2.24, 2.45) is 0 Å². The molecule has 1 fully saturated rings. The molecular formula is C13H12O5. The molecule has 0 amide bonds. The lowest BCUT2D eigenvalue weighted by Gasteiger charge is -2.15. The maximum atomic E-state index is 11.4. The Labute approximate surface area is 103 Å². The van der Waals surface area contributed by atoms with Crippen LogP contribution < -0.4 is 9.47 Å². The molecule has 0 atom stereocenters. The zero-order valence-electron chi connectivity index (χ0n) is 9.64. The van der Waals surface area contributed by atoms with Crippen LogP contribution in [-0.4, -0.2) is 23.7 Å². The van der Waals surface area contributed by atoms with Crippen LogP contribution >= 0.6 is 0 Å². The normalized spacial score (nSPS) is 18.4. The minimum Gasteiger partial charge on any atom is -0.476 e. The fourth-order valence-electron chi connectivity index (χ4n) is 2.42. The summed E-state index contributed by atoms with van der Waals surface area (Å²) in [6.07, 6.45) is 1.65. The molecule has 2 aliphatic rings. The molecule has 0 bridgehead atoms. The third-order valence-corrected chi connectivity index (χ3v) is 3.56. The molecule has 0 radical (unpaired) electrons. The van der Waals surface area contributed by atoms with Gasteiger partial charge in [0.25, 0.3) is 0 Å². The molecule has 0 spiro atoms. The number of rotatable bonds is 4. The van der Waals surface area contributed by atoms with Crippen LogP contribution in [0.3, 0.4) is 0 Å². The maximum Gasteiger partial charge on any atom is 0.372 e. The van der Waals surface area contributed by atoms with E-state index in [0.29, 0.717) is 11.5 Å². The fraction of sp³-hybridized carbons (Fsp3) is 0.385. The summed E-state index contributed by atoms with van der Waals surface area (Å²) in [5.41, 5.74) is 0.529.